The molecule has 0 spiro atoms. The Morgan fingerprint density at radius 3 is 2.50 bits per heavy atom. The number of rotatable bonds is 6. The van der Waals surface area contributed by atoms with Crippen molar-refractivity contribution in [1.82, 2.24) is 4.98 Å². The number of aromatic nitrogens is 1. The van der Waals surface area contributed by atoms with Crippen LogP contribution in [-0.2, 0) is 14.6 Å². The highest BCUT2D eigenvalue weighted by Gasteiger charge is 2.37. The highest BCUT2D eigenvalue weighted by molar-refractivity contribution is 9.11. The first kappa shape index (κ1) is 17.4. The normalized spacial score (nSPS) is 13.5. The Balaban J connectivity index is 3.21. The van der Waals surface area contributed by atoms with E-state index in [0.29, 0.717) is 11.3 Å². The first-order valence-corrected chi connectivity index (χ1v) is 8.76. The molecule has 0 radical (unpaired) electrons. The van der Waals surface area contributed by atoms with Gasteiger partial charge in [0, 0.05) is 0 Å². The van der Waals surface area contributed by atoms with Crippen LogP contribution in [0.2, 0.25) is 0 Å². The average Bonchev–Trinajstić information content (AvgIpc) is 2.72. The highest BCUT2D eigenvalue weighted by Crippen LogP contribution is 2.32. The van der Waals surface area contributed by atoms with Crippen molar-refractivity contribution in [3.05, 3.63) is 9.48 Å². The molecular weight excluding hydrogens is 380 g/mol. The highest BCUT2D eigenvalue weighted by atomic mass is 79.9. The zero-order valence-electron chi connectivity index (χ0n) is 10.6. The molecule has 10 heteroatoms. The van der Waals surface area contributed by atoms with Gasteiger partial charge in [-0.2, -0.15) is 0 Å². The standard InChI is InChI=1S/C10H12BrF2NO4S2/c1-3-5(8(12)13)20(16,17)10-14-6(7(11)19-10)9(15)18-4-2/h5,8H,3-4H2,1-2H3. The Kier molecular flexibility index (Phi) is 6.02. The second-order valence-corrected chi connectivity index (χ2v) is 8.31. The number of esters is 1. The summed E-state index contributed by atoms with van der Waals surface area (Å²) >= 11 is 3.61. The summed E-state index contributed by atoms with van der Waals surface area (Å²) in [7, 11) is -4.28. The number of hydrogen-bond acceptors (Lipinski definition) is 6. The lowest BCUT2D eigenvalue weighted by atomic mass is 10.3. The zero-order valence-corrected chi connectivity index (χ0v) is 13.8. The van der Waals surface area contributed by atoms with E-state index < -0.39 is 31.8 Å². The second kappa shape index (κ2) is 6.90. The third-order valence-electron chi connectivity index (χ3n) is 2.36. The molecule has 1 aromatic rings. The van der Waals surface area contributed by atoms with E-state index in [1.165, 1.54) is 6.92 Å². The van der Waals surface area contributed by atoms with Gasteiger partial charge in [0.15, 0.2) is 5.69 Å². The molecule has 1 unspecified atom stereocenters. The molecule has 1 rings (SSSR count). The summed E-state index contributed by atoms with van der Waals surface area (Å²) in [5.41, 5.74) is -0.223. The van der Waals surface area contributed by atoms with Crippen LogP contribution in [-0.4, -0.2) is 37.7 Å². The molecule has 0 saturated heterocycles. The molecule has 1 atom stereocenters. The fraction of sp³-hybridized carbons (Fsp3) is 0.600. The lowest BCUT2D eigenvalue weighted by Gasteiger charge is -2.12. The van der Waals surface area contributed by atoms with Crippen LogP contribution in [0.3, 0.4) is 0 Å². The number of sulfone groups is 1. The fourth-order valence-corrected chi connectivity index (χ4v) is 5.21. The zero-order chi connectivity index (χ0) is 15.5. The molecule has 0 amide bonds. The smallest absolute Gasteiger partial charge is 0.359 e. The van der Waals surface area contributed by atoms with Crippen LogP contribution in [0.1, 0.15) is 30.8 Å². The molecule has 1 heterocycles. The largest absolute Gasteiger partial charge is 0.461 e. The van der Waals surface area contributed by atoms with Gasteiger partial charge in [0.1, 0.15) is 9.04 Å². The number of thiazole rings is 1. The van der Waals surface area contributed by atoms with Gasteiger partial charge in [0.2, 0.25) is 14.2 Å². The number of alkyl halides is 2. The molecule has 20 heavy (non-hydrogen) atoms. The lowest BCUT2D eigenvalue weighted by molar-refractivity contribution is 0.0519. The number of ether oxygens (including phenoxy) is 1. The van der Waals surface area contributed by atoms with E-state index in [9.17, 15) is 22.0 Å². The van der Waals surface area contributed by atoms with Crippen molar-refractivity contribution in [3.63, 3.8) is 0 Å². The molecule has 0 fully saturated rings. The second-order valence-electron chi connectivity index (χ2n) is 3.65. The molecule has 0 bridgehead atoms. The Labute approximate surface area is 127 Å². The van der Waals surface area contributed by atoms with Crippen LogP contribution < -0.4 is 0 Å². The predicted octanol–water partition coefficient (Wildman–Crippen LogP) is 2.90. The Bertz CT molecular complexity index is 588. The van der Waals surface area contributed by atoms with Crippen LogP contribution in [0.4, 0.5) is 8.78 Å². The van der Waals surface area contributed by atoms with Crippen LogP contribution in [0.25, 0.3) is 0 Å². The van der Waals surface area contributed by atoms with Gasteiger partial charge in [0.05, 0.1) is 6.61 Å². The van der Waals surface area contributed by atoms with Gasteiger partial charge in [-0.25, -0.2) is 27.0 Å². The maximum Gasteiger partial charge on any atom is 0.359 e. The van der Waals surface area contributed by atoms with E-state index in [-0.39, 0.29) is 22.5 Å². The van der Waals surface area contributed by atoms with Crippen molar-refractivity contribution < 1.29 is 26.7 Å². The van der Waals surface area contributed by atoms with Gasteiger partial charge in [-0.05, 0) is 29.3 Å². The average molecular weight is 392 g/mol. The van der Waals surface area contributed by atoms with Crippen molar-refractivity contribution >= 4 is 43.1 Å². The van der Waals surface area contributed by atoms with Gasteiger partial charge in [-0.15, -0.1) is 0 Å². The van der Waals surface area contributed by atoms with Crippen LogP contribution in [0.5, 0.6) is 0 Å². The number of nitrogens with zero attached hydrogens (tertiary/aromatic N) is 1. The lowest BCUT2D eigenvalue weighted by Crippen LogP contribution is -2.28. The summed E-state index contributed by atoms with van der Waals surface area (Å²) in [6, 6.07) is 0. The van der Waals surface area contributed by atoms with E-state index in [4.69, 9.17) is 4.74 Å². The van der Waals surface area contributed by atoms with E-state index in [0.717, 1.165) is 0 Å². The molecule has 0 aliphatic rings. The Hall–Kier alpha value is -0.610. The summed E-state index contributed by atoms with van der Waals surface area (Å²) in [5.74, 6) is -0.804. The number of carbonyl (C=O) groups excluding carboxylic acids is 1. The predicted molar refractivity (Wildman–Crippen MR) is 73.0 cm³/mol. The van der Waals surface area contributed by atoms with Crippen molar-refractivity contribution in [3.8, 4) is 0 Å². The van der Waals surface area contributed by atoms with Gasteiger partial charge in [-0.1, -0.05) is 18.3 Å². The Morgan fingerprint density at radius 2 is 2.05 bits per heavy atom. The van der Waals surface area contributed by atoms with Crippen LogP contribution in [0.15, 0.2) is 8.13 Å². The molecule has 0 N–H and O–H groups in total. The SMILES string of the molecule is CCOC(=O)c1nc(S(=O)(=O)C(CC)C(F)F)sc1Br. The summed E-state index contributed by atoms with van der Waals surface area (Å²) in [6.45, 7) is 3.03. The molecule has 0 aliphatic heterocycles. The van der Waals surface area contributed by atoms with Gasteiger partial charge in [-0.3, -0.25) is 0 Å². The molecule has 114 valence electrons. The van der Waals surface area contributed by atoms with E-state index >= 15 is 0 Å². The molecule has 1 aromatic heterocycles. The fourth-order valence-electron chi connectivity index (χ4n) is 1.39. The summed E-state index contributed by atoms with van der Waals surface area (Å²) in [5, 5.41) is -1.84. The molecule has 0 saturated carbocycles. The monoisotopic (exact) mass is 391 g/mol. The minimum absolute atomic E-state index is 0.0967. The van der Waals surface area contributed by atoms with Crippen LogP contribution in [0, 0.1) is 0 Å². The van der Waals surface area contributed by atoms with Crippen molar-refractivity contribution in [2.24, 2.45) is 0 Å². The first-order valence-electron chi connectivity index (χ1n) is 5.61. The quantitative estimate of drug-likeness (QED) is 0.697. The maximum atomic E-state index is 12.8. The summed E-state index contributed by atoms with van der Waals surface area (Å²) in [6.07, 6.45) is -3.26. The van der Waals surface area contributed by atoms with E-state index in [1.54, 1.807) is 6.92 Å². The van der Waals surface area contributed by atoms with Gasteiger partial charge >= 0.3 is 5.97 Å². The third-order valence-corrected chi connectivity index (χ3v) is 6.72. The third kappa shape index (κ3) is 3.53. The molecular formula is C10H12BrF2NO4S2. The minimum Gasteiger partial charge on any atom is -0.461 e. The summed E-state index contributed by atoms with van der Waals surface area (Å²) in [4.78, 5) is 15.2. The van der Waals surface area contributed by atoms with E-state index in [1.807, 2.05) is 0 Å². The van der Waals surface area contributed by atoms with Gasteiger partial charge < -0.3 is 4.74 Å². The molecule has 5 nitrogen and oxygen atoms in total. The maximum absolute atomic E-state index is 12.8. The first-order chi connectivity index (χ1) is 9.25. The number of halogens is 3. The van der Waals surface area contributed by atoms with Crippen LogP contribution >= 0.6 is 27.3 Å². The number of hydrogen-bond donors (Lipinski definition) is 0. The molecule has 0 aliphatic carbocycles. The van der Waals surface area contributed by atoms with Crippen molar-refractivity contribution in [1.29, 1.82) is 0 Å². The summed E-state index contributed by atoms with van der Waals surface area (Å²) < 4.78 is 53.9. The van der Waals surface area contributed by atoms with E-state index in [2.05, 4.69) is 20.9 Å². The van der Waals surface area contributed by atoms with Crippen molar-refractivity contribution in [2.75, 3.05) is 6.61 Å². The Morgan fingerprint density at radius 1 is 1.45 bits per heavy atom. The number of carbonyl (C=O) groups is 1. The minimum atomic E-state index is -4.28. The van der Waals surface area contributed by atoms with Gasteiger partial charge in [0.25, 0.3) is 6.43 Å². The van der Waals surface area contributed by atoms with Crippen molar-refractivity contribution in [2.45, 2.75) is 36.3 Å². The topological polar surface area (TPSA) is 73.3 Å². The molecule has 0 aromatic carbocycles.